The van der Waals surface area contributed by atoms with Crippen molar-refractivity contribution in [2.24, 2.45) is 5.73 Å². The average Bonchev–Trinajstić information content (AvgIpc) is 2.37. The molecule has 0 aromatic rings. The Morgan fingerprint density at radius 2 is 2.24 bits per heavy atom. The van der Waals surface area contributed by atoms with E-state index in [1.54, 1.807) is 11.8 Å². The van der Waals surface area contributed by atoms with Crippen molar-refractivity contribution >= 4 is 29.4 Å². The molecule has 1 saturated heterocycles. The summed E-state index contributed by atoms with van der Waals surface area (Å²) in [5.41, 5.74) is 5.78. The molecular weight excluding hydrogens is 254 g/mol. The molecule has 17 heavy (non-hydrogen) atoms. The summed E-state index contributed by atoms with van der Waals surface area (Å²) in [5.74, 6) is 3.35. The van der Waals surface area contributed by atoms with Gasteiger partial charge in [0.05, 0.1) is 6.04 Å². The third-order valence-corrected chi connectivity index (χ3v) is 4.39. The third kappa shape index (κ3) is 6.55. The van der Waals surface area contributed by atoms with Gasteiger partial charge in [-0.05, 0) is 18.4 Å². The van der Waals surface area contributed by atoms with E-state index in [4.69, 9.17) is 5.73 Å². The second-order valence-electron chi connectivity index (χ2n) is 4.13. The number of nitrogens with two attached hydrogens (primary N) is 1. The Labute approximate surface area is 112 Å². The van der Waals surface area contributed by atoms with E-state index in [1.165, 1.54) is 11.5 Å². The molecule has 1 aliphatic rings. The van der Waals surface area contributed by atoms with Crippen molar-refractivity contribution in [2.45, 2.75) is 12.5 Å². The maximum Gasteiger partial charge on any atom is 0.236 e. The van der Waals surface area contributed by atoms with Crippen molar-refractivity contribution in [3.63, 3.8) is 0 Å². The fourth-order valence-electron chi connectivity index (χ4n) is 1.67. The van der Waals surface area contributed by atoms with Crippen LogP contribution in [0.3, 0.4) is 0 Å². The Kier molecular flexibility index (Phi) is 8.09. The number of rotatable bonds is 7. The molecular formula is C11H23N3OS2. The van der Waals surface area contributed by atoms with Gasteiger partial charge < -0.3 is 11.1 Å². The molecule has 0 aromatic carbocycles. The Bertz CT molecular complexity index is 223. The molecule has 1 aliphatic heterocycles. The maximum atomic E-state index is 11.6. The highest BCUT2D eigenvalue weighted by Gasteiger charge is 2.13. The van der Waals surface area contributed by atoms with Gasteiger partial charge in [-0.2, -0.15) is 23.5 Å². The molecule has 0 radical (unpaired) electrons. The minimum atomic E-state index is -0.348. The minimum absolute atomic E-state index is 0.00886. The molecule has 0 unspecified atom stereocenters. The highest BCUT2D eigenvalue weighted by molar-refractivity contribution is 7.99. The molecule has 0 saturated carbocycles. The molecule has 0 spiro atoms. The van der Waals surface area contributed by atoms with Gasteiger partial charge in [-0.15, -0.1) is 0 Å². The fraction of sp³-hybridized carbons (Fsp3) is 0.909. The van der Waals surface area contributed by atoms with Crippen LogP contribution in [0.5, 0.6) is 0 Å². The molecule has 0 bridgehead atoms. The Balaban J connectivity index is 2.06. The lowest BCUT2D eigenvalue weighted by Gasteiger charge is -2.26. The van der Waals surface area contributed by atoms with E-state index in [0.717, 1.165) is 38.4 Å². The van der Waals surface area contributed by atoms with Crippen molar-refractivity contribution in [1.82, 2.24) is 10.2 Å². The van der Waals surface area contributed by atoms with Gasteiger partial charge in [0.1, 0.15) is 0 Å². The first kappa shape index (κ1) is 15.1. The third-order valence-electron chi connectivity index (χ3n) is 2.80. The predicted octanol–water partition coefficient (Wildman–Crippen LogP) is 0.232. The monoisotopic (exact) mass is 277 g/mol. The number of hydrogen-bond donors (Lipinski definition) is 2. The molecule has 4 nitrogen and oxygen atoms in total. The van der Waals surface area contributed by atoms with Crippen LogP contribution in [0.4, 0.5) is 0 Å². The first-order chi connectivity index (χ1) is 8.24. The van der Waals surface area contributed by atoms with Crippen molar-refractivity contribution < 1.29 is 4.79 Å². The van der Waals surface area contributed by atoms with Crippen LogP contribution in [0.2, 0.25) is 0 Å². The summed E-state index contributed by atoms with van der Waals surface area (Å²) in [6.45, 7) is 3.94. The number of amides is 1. The van der Waals surface area contributed by atoms with Gasteiger partial charge in [0.2, 0.25) is 5.91 Å². The second-order valence-corrected chi connectivity index (χ2v) is 6.34. The zero-order valence-corrected chi connectivity index (χ0v) is 12.1. The maximum absolute atomic E-state index is 11.6. The number of nitrogens with zero attached hydrogens (tertiary/aromatic N) is 1. The van der Waals surface area contributed by atoms with E-state index in [0.29, 0.717) is 0 Å². The van der Waals surface area contributed by atoms with E-state index < -0.39 is 0 Å². The molecule has 0 aliphatic carbocycles. The standard InChI is InChI=1S/C11H23N3OS2/c1-16-7-2-10(12)11(15)13-3-4-14-5-8-17-9-6-14/h10H,2-9,12H2,1H3,(H,13,15)/t10-/m1/s1. The largest absolute Gasteiger partial charge is 0.353 e. The zero-order valence-electron chi connectivity index (χ0n) is 10.5. The molecule has 1 amide bonds. The molecule has 1 atom stereocenters. The van der Waals surface area contributed by atoms with Crippen LogP contribution in [-0.4, -0.2) is 66.5 Å². The number of hydrogen-bond acceptors (Lipinski definition) is 5. The summed E-state index contributed by atoms with van der Waals surface area (Å²) < 4.78 is 0. The normalized spacial score (nSPS) is 18.9. The van der Waals surface area contributed by atoms with Crippen LogP contribution < -0.4 is 11.1 Å². The van der Waals surface area contributed by atoms with Crippen LogP contribution >= 0.6 is 23.5 Å². The summed E-state index contributed by atoms with van der Waals surface area (Å²) >= 11 is 3.72. The van der Waals surface area contributed by atoms with E-state index >= 15 is 0 Å². The molecule has 1 fully saturated rings. The number of nitrogens with one attached hydrogen (secondary N) is 1. The lowest BCUT2D eigenvalue weighted by Crippen LogP contribution is -2.45. The first-order valence-electron chi connectivity index (χ1n) is 6.06. The predicted molar refractivity (Wildman–Crippen MR) is 77.7 cm³/mol. The summed E-state index contributed by atoms with van der Waals surface area (Å²) in [7, 11) is 0. The molecule has 100 valence electrons. The highest BCUT2D eigenvalue weighted by Crippen LogP contribution is 2.07. The van der Waals surface area contributed by atoms with Crippen molar-refractivity contribution in [1.29, 1.82) is 0 Å². The van der Waals surface area contributed by atoms with Crippen molar-refractivity contribution in [2.75, 3.05) is 49.7 Å². The lowest BCUT2D eigenvalue weighted by atomic mass is 10.2. The fourth-order valence-corrected chi connectivity index (χ4v) is 3.14. The summed E-state index contributed by atoms with van der Waals surface area (Å²) in [6, 6.07) is -0.348. The number of carbonyl (C=O) groups is 1. The van der Waals surface area contributed by atoms with Gasteiger partial charge in [0.15, 0.2) is 0 Å². The van der Waals surface area contributed by atoms with E-state index in [9.17, 15) is 4.79 Å². The number of thioether (sulfide) groups is 2. The van der Waals surface area contributed by atoms with Gasteiger partial charge >= 0.3 is 0 Å². The van der Waals surface area contributed by atoms with Gasteiger partial charge in [0, 0.05) is 37.7 Å². The quantitative estimate of drug-likeness (QED) is 0.698. The van der Waals surface area contributed by atoms with Gasteiger partial charge in [-0.1, -0.05) is 0 Å². The van der Waals surface area contributed by atoms with Crippen LogP contribution in [-0.2, 0) is 4.79 Å². The first-order valence-corrected chi connectivity index (χ1v) is 8.61. The van der Waals surface area contributed by atoms with Gasteiger partial charge in [-0.25, -0.2) is 0 Å². The second kappa shape index (κ2) is 9.08. The average molecular weight is 277 g/mol. The van der Waals surface area contributed by atoms with Crippen molar-refractivity contribution in [3.8, 4) is 0 Å². The van der Waals surface area contributed by atoms with Crippen LogP contribution in [0.15, 0.2) is 0 Å². The summed E-state index contributed by atoms with van der Waals surface area (Å²) in [5, 5.41) is 2.92. The van der Waals surface area contributed by atoms with E-state index in [1.807, 2.05) is 18.0 Å². The molecule has 6 heteroatoms. The SMILES string of the molecule is CSCC[C@@H](N)C(=O)NCCN1CCSCC1. The smallest absolute Gasteiger partial charge is 0.236 e. The highest BCUT2D eigenvalue weighted by atomic mass is 32.2. The molecule has 3 N–H and O–H groups in total. The van der Waals surface area contributed by atoms with E-state index in [-0.39, 0.29) is 11.9 Å². The minimum Gasteiger partial charge on any atom is -0.353 e. The van der Waals surface area contributed by atoms with Crippen LogP contribution in [0.25, 0.3) is 0 Å². The Morgan fingerprint density at radius 3 is 2.88 bits per heavy atom. The Hall–Kier alpha value is 0.0900. The van der Waals surface area contributed by atoms with Crippen LogP contribution in [0.1, 0.15) is 6.42 Å². The lowest BCUT2D eigenvalue weighted by molar-refractivity contribution is -0.122. The topological polar surface area (TPSA) is 58.4 Å². The van der Waals surface area contributed by atoms with E-state index in [2.05, 4.69) is 10.2 Å². The molecule has 0 aromatic heterocycles. The van der Waals surface area contributed by atoms with Gasteiger partial charge in [-0.3, -0.25) is 9.69 Å². The van der Waals surface area contributed by atoms with Crippen LogP contribution in [0, 0.1) is 0 Å². The molecule has 1 heterocycles. The molecule has 1 rings (SSSR count). The summed E-state index contributed by atoms with van der Waals surface area (Å²) in [4.78, 5) is 14.0. The van der Waals surface area contributed by atoms with Crippen molar-refractivity contribution in [3.05, 3.63) is 0 Å². The Morgan fingerprint density at radius 1 is 1.53 bits per heavy atom. The zero-order chi connectivity index (χ0) is 12.5. The summed E-state index contributed by atoms with van der Waals surface area (Å²) in [6.07, 6.45) is 2.78. The number of carbonyl (C=O) groups excluding carboxylic acids is 1. The van der Waals surface area contributed by atoms with Gasteiger partial charge in [0.25, 0.3) is 0 Å².